The summed E-state index contributed by atoms with van der Waals surface area (Å²) < 4.78 is 0. The molecule has 3 N–H and O–H groups in total. The molecule has 2 rings (SSSR count). The number of rotatable bonds is 3. The second-order valence-electron chi connectivity index (χ2n) is 4.70. The third kappa shape index (κ3) is 2.97. The average Bonchev–Trinajstić information content (AvgIpc) is 2.30. The molecule has 1 heterocycles. The highest BCUT2D eigenvalue weighted by Crippen LogP contribution is 2.23. The molecule has 0 saturated carbocycles. The van der Waals surface area contributed by atoms with E-state index in [1.165, 1.54) is 0 Å². The Hall–Kier alpha value is -1.55. The normalized spacial score (nSPS) is 25.5. The van der Waals surface area contributed by atoms with Crippen molar-refractivity contribution in [1.29, 1.82) is 0 Å². The Labute approximate surface area is 102 Å². The molecule has 4 nitrogen and oxygen atoms in total. The molecule has 0 aliphatic carbocycles. The number of nitrogens with one attached hydrogen (secondary N) is 1. The van der Waals surface area contributed by atoms with Gasteiger partial charge in [0.15, 0.2) is 0 Å². The van der Waals surface area contributed by atoms with Crippen molar-refractivity contribution >= 4 is 11.6 Å². The fraction of sp³-hybridized carbons (Fsp3) is 0.462. The molecule has 92 valence electrons. The van der Waals surface area contributed by atoms with Crippen molar-refractivity contribution in [1.82, 2.24) is 5.01 Å². The van der Waals surface area contributed by atoms with Gasteiger partial charge in [-0.3, -0.25) is 4.79 Å². The predicted octanol–water partition coefficient (Wildman–Crippen LogP) is 1.46. The summed E-state index contributed by atoms with van der Waals surface area (Å²) in [6, 6.07) is 10.1. The lowest BCUT2D eigenvalue weighted by Crippen LogP contribution is -2.46. The Morgan fingerprint density at radius 3 is 2.71 bits per heavy atom. The quantitative estimate of drug-likeness (QED) is 0.831. The van der Waals surface area contributed by atoms with E-state index in [4.69, 9.17) is 5.73 Å². The minimum atomic E-state index is -0.170. The van der Waals surface area contributed by atoms with E-state index in [0.29, 0.717) is 5.92 Å². The molecule has 0 radical (unpaired) electrons. The number of nitrogens with zero attached hydrogens (tertiary/aromatic N) is 1. The van der Waals surface area contributed by atoms with Crippen LogP contribution in [0.5, 0.6) is 0 Å². The van der Waals surface area contributed by atoms with Gasteiger partial charge in [0.25, 0.3) is 0 Å². The second kappa shape index (κ2) is 5.19. The van der Waals surface area contributed by atoms with Crippen molar-refractivity contribution in [3.63, 3.8) is 0 Å². The second-order valence-corrected chi connectivity index (χ2v) is 4.70. The minimum Gasteiger partial charge on any atom is -0.369 e. The summed E-state index contributed by atoms with van der Waals surface area (Å²) in [6.07, 6.45) is 0.830. The zero-order chi connectivity index (χ0) is 12.3. The van der Waals surface area contributed by atoms with E-state index < -0.39 is 0 Å². The molecule has 1 aliphatic heterocycles. The first-order chi connectivity index (χ1) is 8.16. The van der Waals surface area contributed by atoms with Crippen LogP contribution in [-0.2, 0) is 4.79 Å². The van der Waals surface area contributed by atoms with Crippen LogP contribution in [0.2, 0.25) is 0 Å². The summed E-state index contributed by atoms with van der Waals surface area (Å²) in [4.78, 5) is 11.2. The number of amides is 1. The summed E-state index contributed by atoms with van der Waals surface area (Å²) in [7, 11) is 0. The SMILES string of the molecule is CC1CN(Nc2ccccc2)CCC1C(N)=O. The fourth-order valence-corrected chi connectivity index (χ4v) is 2.37. The van der Waals surface area contributed by atoms with Gasteiger partial charge in [-0.2, -0.15) is 0 Å². The van der Waals surface area contributed by atoms with Crippen molar-refractivity contribution in [3.8, 4) is 0 Å². The standard InChI is InChI=1S/C13H19N3O/c1-10-9-16(8-7-12(10)13(14)17)15-11-5-3-2-4-6-11/h2-6,10,12,15H,7-9H2,1H3,(H2,14,17). The molecule has 0 aromatic heterocycles. The maximum Gasteiger partial charge on any atom is 0.220 e. The van der Waals surface area contributed by atoms with Crippen molar-refractivity contribution < 1.29 is 4.79 Å². The summed E-state index contributed by atoms with van der Waals surface area (Å²) in [5.41, 5.74) is 9.81. The van der Waals surface area contributed by atoms with Crippen LogP contribution >= 0.6 is 0 Å². The van der Waals surface area contributed by atoms with Crippen LogP contribution < -0.4 is 11.2 Å². The third-order valence-corrected chi connectivity index (χ3v) is 3.33. The van der Waals surface area contributed by atoms with E-state index >= 15 is 0 Å². The van der Waals surface area contributed by atoms with Crippen molar-refractivity contribution in [2.24, 2.45) is 17.6 Å². The molecule has 1 amide bonds. The van der Waals surface area contributed by atoms with Crippen LogP contribution in [0.25, 0.3) is 0 Å². The van der Waals surface area contributed by atoms with E-state index in [9.17, 15) is 4.79 Å². The number of nitrogens with two attached hydrogens (primary N) is 1. The molecule has 1 aliphatic rings. The van der Waals surface area contributed by atoms with E-state index in [2.05, 4.69) is 17.4 Å². The van der Waals surface area contributed by atoms with Gasteiger partial charge in [-0.25, -0.2) is 5.01 Å². The van der Waals surface area contributed by atoms with Gasteiger partial charge < -0.3 is 11.2 Å². The Kier molecular flexibility index (Phi) is 3.64. The van der Waals surface area contributed by atoms with Crippen molar-refractivity contribution in [3.05, 3.63) is 30.3 Å². The van der Waals surface area contributed by atoms with Crippen LogP contribution in [0.15, 0.2) is 30.3 Å². The topological polar surface area (TPSA) is 58.4 Å². The van der Waals surface area contributed by atoms with E-state index in [0.717, 1.165) is 25.2 Å². The third-order valence-electron chi connectivity index (χ3n) is 3.33. The number of carbonyl (C=O) groups is 1. The molecule has 0 bridgehead atoms. The summed E-state index contributed by atoms with van der Waals surface area (Å²) >= 11 is 0. The molecule has 1 aromatic rings. The molecule has 1 aromatic carbocycles. The molecule has 17 heavy (non-hydrogen) atoms. The Bertz CT molecular complexity index is 380. The van der Waals surface area contributed by atoms with Crippen molar-refractivity contribution in [2.75, 3.05) is 18.5 Å². The van der Waals surface area contributed by atoms with Crippen LogP contribution in [0.4, 0.5) is 5.69 Å². The van der Waals surface area contributed by atoms with Gasteiger partial charge in [0.05, 0.1) is 0 Å². The number of hydrogen-bond donors (Lipinski definition) is 2. The number of carbonyl (C=O) groups excluding carboxylic acids is 1. The molecule has 1 fully saturated rings. The maximum absolute atomic E-state index is 11.2. The van der Waals surface area contributed by atoms with Gasteiger partial charge in [0.1, 0.15) is 0 Å². The monoisotopic (exact) mass is 233 g/mol. The number of para-hydroxylation sites is 1. The van der Waals surface area contributed by atoms with Gasteiger partial charge in [-0.15, -0.1) is 0 Å². The van der Waals surface area contributed by atoms with Gasteiger partial charge in [0.2, 0.25) is 5.91 Å². The van der Waals surface area contributed by atoms with Gasteiger partial charge in [-0.1, -0.05) is 25.1 Å². The number of hydrogen-bond acceptors (Lipinski definition) is 3. The van der Waals surface area contributed by atoms with Crippen LogP contribution in [0.1, 0.15) is 13.3 Å². The molecule has 0 spiro atoms. The molecule has 4 heteroatoms. The lowest BCUT2D eigenvalue weighted by Gasteiger charge is -2.35. The Balaban J connectivity index is 1.92. The number of anilines is 1. The first-order valence-corrected chi connectivity index (χ1v) is 6.03. The van der Waals surface area contributed by atoms with Crippen LogP contribution in [0, 0.1) is 11.8 Å². The maximum atomic E-state index is 11.2. The van der Waals surface area contributed by atoms with Crippen LogP contribution in [0.3, 0.4) is 0 Å². The highest BCUT2D eigenvalue weighted by atomic mass is 16.1. The highest BCUT2D eigenvalue weighted by molar-refractivity contribution is 5.77. The summed E-state index contributed by atoms with van der Waals surface area (Å²) in [6.45, 7) is 3.78. The predicted molar refractivity (Wildman–Crippen MR) is 68.1 cm³/mol. The molecule has 2 atom stereocenters. The van der Waals surface area contributed by atoms with E-state index in [1.807, 2.05) is 30.3 Å². The molecule has 1 saturated heterocycles. The van der Waals surface area contributed by atoms with Gasteiger partial charge in [0, 0.05) is 24.7 Å². The smallest absolute Gasteiger partial charge is 0.220 e. The first kappa shape index (κ1) is 11.9. The summed E-state index contributed by atoms with van der Waals surface area (Å²) in [5, 5.41) is 2.15. The van der Waals surface area contributed by atoms with Gasteiger partial charge in [-0.05, 0) is 24.5 Å². The lowest BCUT2D eigenvalue weighted by molar-refractivity contribution is -0.124. The fourth-order valence-electron chi connectivity index (χ4n) is 2.37. The van der Waals surface area contributed by atoms with Crippen LogP contribution in [-0.4, -0.2) is 24.0 Å². The van der Waals surface area contributed by atoms with Crippen molar-refractivity contribution in [2.45, 2.75) is 13.3 Å². The number of primary amides is 1. The first-order valence-electron chi connectivity index (χ1n) is 6.03. The largest absolute Gasteiger partial charge is 0.369 e. The number of piperidine rings is 1. The summed E-state index contributed by atoms with van der Waals surface area (Å²) in [5.74, 6) is 0.151. The highest BCUT2D eigenvalue weighted by Gasteiger charge is 2.29. The zero-order valence-corrected chi connectivity index (χ0v) is 10.1. The zero-order valence-electron chi connectivity index (χ0n) is 10.1. The molecular weight excluding hydrogens is 214 g/mol. The average molecular weight is 233 g/mol. The van der Waals surface area contributed by atoms with Gasteiger partial charge >= 0.3 is 0 Å². The van der Waals surface area contributed by atoms with E-state index in [1.54, 1.807) is 0 Å². The van der Waals surface area contributed by atoms with E-state index in [-0.39, 0.29) is 11.8 Å². The number of hydrazine groups is 1. The number of benzene rings is 1. The Morgan fingerprint density at radius 2 is 2.12 bits per heavy atom. The molecular formula is C13H19N3O. The Morgan fingerprint density at radius 1 is 1.41 bits per heavy atom. The minimum absolute atomic E-state index is 0.0174. The molecule has 2 unspecified atom stereocenters. The lowest BCUT2D eigenvalue weighted by atomic mass is 9.87.